The molecular weight excluding hydrogens is 424 g/mol. The van der Waals surface area contributed by atoms with Crippen LogP contribution in [0.5, 0.6) is 11.5 Å². The summed E-state index contributed by atoms with van der Waals surface area (Å²) in [4.78, 5) is 12.4. The van der Waals surface area contributed by atoms with Gasteiger partial charge in [-0.3, -0.25) is 4.79 Å². The predicted octanol–water partition coefficient (Wildman–Crippen LogP) is 4.85. The number of thioether (sulfide) groups is 1. The zero-order chi connectivity index (χ0) is 22.5. The van der Waals surface area contributed by atoms with Crippen molar-refractivity contribution in [3.63, 3.8) is 0 Å². The fourth-order valence-electron chi connectivity index (χ4n) is 3.31. The molecule has 0 aliphatic carbocycles. The van der Waals surface area contributed by atoms with Gasteiger partial charge in [0.05, 0.1) is 12.9 Å². The van der Waals surface area contributed by atoms with Crippen molar-refractivity contribution in [1.82, 2.24) is 14.8 Å². The Morgan fingerprint density at radius 3 is 2.50 bits per heavy atom. The Morgan fingerprint density at radius 2 is 1.75 bits per heavy atom. The number of fused-ring (bicyclic) bond motifs is 1. The molecule has 164 valence electrons. The van der Waals surface area contributed by atoms with E-state index in [-0.39, 0.29) is 17.8 Å². The molecule has 7 nitrogen and oxygen atoms in total. The van der Waals surface area contributed by atoms with Crippen molar-refractivity contribution in [2.45, 2.75) is 18.2 Å². The average Bonchev–Trinajstić information content (AvgIpc) is 3.18. The Hall–Kier alpha value is -3.52. The first-order chi connectivity index (χ1) is 15.5. The van der Waals surface area contributed by atoms with Crippen LogP contribution in [0.4, 0.5) is 5.69 Å². The number of rotatable bonds is 8. The number of nitrogens with one attached hydrogen (secondary N) is 1. The number of hydrogen-bond donors (Lipinski definition) is 1. The van der Waals surface area contributed by atoms with E-state index in [4.69, 9.17) is 9.47 Å². The normalized spacial score (nSPS) is 11.8. The summed E-state index contributed by atoms with van der Waals surface area (Å²) in [5, 5.41) is 14.3. The lowest BCUT2D eigenvalue weighted by molar-refractivity contribution is -0.113. The molecule has 4 rings (SSSR count). The lowest BCUT2D eigenvalue weighted by atomic mass is 10.1. The Morgan fingerprint density at radius 1 is 1.03 bits per heavy atom. The van der Waals surface area contributed by atoms with Crippen LogP contribution < -0.4 is 14.8 Å². The van der Waals surface area contributed by atoms with Crippen LogP contribution >= 0.6 is 11.8 Å². The van der Waals surface area contributed by atoms with Crippen LogP contribution in [-0.4, -0.2) is 33.5 Å². The summed E-state index contributed by atoms with van der Waals surface area (Å²) in [7, 11) is 3.49. The van der Waals surface area contributed by atoms with Gasteiger partial charge in [-0.1, -0.05) is 42.1 Å². The molecule has 0 fully saturated rings. The van der Waals surface area contributed by atoms with Gasteiger partial charge in [0.2, 0.25) is 5.91 Å². The molecule has 1 amide bonds. The largest absolute Gasteiger partial charge is 0.497 e. The first-order valence-electron chi connectivity index (χ1n) is 10.1. The number of benzene rings is 3. The fourth-order valence-corrected chi connectivity index (χ4v) is 4.03. The van der Waals surface area contributed by atoms with Crippen LogP contribution in [0.25, 0.3) is 10.8 Å². The van der Waals surface area contributed by atoms with Crippen molar-refractivity contribution < 1.29 is 14.3 Å². The van der Waals surface area contributed by atoms with E-state index >= 15 is 0 Å². The molecule has 4 aromatic rings. The van der Waals surface area contributed by atoms with E-state index in [1.165, 1.54) is 11.8 Å². The molecule has 1 N–H and O–H groups in total. The van der Waals surface area contributed by atoms with E-state index in [2.05, 4.69) is 15.5 Å². The first-order valence-corrected chi connectivity index (χ1v) is 11.1. The highest BCUT2D eigenvalue weighted by molar-refractivity contribution is 7.99. The molecule has 3 aromatic carbocycles. The van der Waals surface area contributed by atoms with Crippen LogP contribution in [0.15, 0.2) is 71.9 Å². The standard InChI is InChI=1S/C24H24N4O3S/c1-16(31-21-12-10-20(30-3)11-13-21)23-26-27-24(28(23)2)32-15-22(29)25-19-9-8-17-6-4-5-7-18(17)14-19/h4-14,16H,15H2,1-3H3,(H,25,29). The number of methoxy groups -OCH3 is 1. The van der Waals surface area contributed by atoms with E-state index in [0.29, 0.717) is 16.7 Å². The van der Waals surface area contributed by atoms with Crippen LogP contribution in [0.1, 0.15) is 18.9 Å². The van der Waals surface area contributed by atoms with E-state index in [9.17, 15) is 4.79 Å². The summed E-state index contributed by atoms with van der Waals surface area (Å²) in [6.07, 6.45) is -0.304. The van der Waals surface area contributed by atoms with Gasteiger partial charge in [-0.05, 0) is 54.1 Å². The Kier molecular flexibility index (Phi) is 6.61. The molecule has 1 aromatic heterocycles. The highest BCUT2D eigenvalue weighted by Gasteiger charge is 2.18. The van der Waals surface area contributed by atoms with Crippen LogP contribution in [0, 0.1) is 0 Å². The monoisotopic (exact) mass is 448 g/mol. The number of amides is 1. The SMILES string of the molecule is COc1ccc(OC(C)c2nnc(SCC(=O)Nc3ccc4ccccc4c3)n2C)cc1. The average molecular weight is 449 g/mol. The van der Waals surface area contributed by atoms with Gasteiger partial charge in [-0.15, -0.1) is 10.2 Å². The van der Waals surface area contributed by atoms with Crippen molar-refractivity contribution >= 4 is 34.1 Å². The summed E-state index contributed by atoms with van der Waals surface area (Å²) in [6.45, 7) is 1.91. The Labute approximate surface area is 190 Å². The molecule has 1 unspecified atom stereocenters. The molecule has 0 saturated carbocycles. The van der Waals surface area contributed by atoms with Crippen molar-refractivity contribution in [1.29, 1.82) is 0 Å². The molecule has 0 aliphatic rings. The molecular formula is C24H24N4O3S. The van der Waals surface area contributed by atoms with Crippen LogP contribution in [0.2, 0.25) is 0 Å². The minimum absolute atomic E-state index is 0.0997. The number of carbonyl (C=O) groups is 1. The van der Waals surface area contributed by atoms with Gasteiger partial charge in [0.1, 0.15) is 11.5 Å². The van der Waals surface area contributed by atoms with Crippen molar-refractivity contribution in [3.05, 3.63) is 72.6 Å². The topological polar surface area (TPSA) is 78.3 Å². The first kappa shape index (κ1) is 21.7. The summed E-state index contributed by atoms with van der Waals surface area (Å²) < 4.78 is 13.0. The number of ether oxygens (including phenoxy) is 2. The molecule has 8 heteroatoms. The molecule has 0 bridgehead atoms. The smallest absolute Gasteiger partial charge is 0.234 e. The van der Waals surface area contributed by atoms with Gasteiger partial charge in [-0.2, -0.15) is 0 Å². The molecule has 0 saturated heterocycles. The number of hydrogen-bond acceptors (Lipinski definition) is 6. The molecule has 32 heavy (non-hydrogen) atoms. The second-order valence-electron chi connectivity index (χ2n) is 7.23. The van der Waals surface area contributed by atoms with Gasteiger partial charge in [0.15, 0.2) is 17.1 Å². The third kappa shape index (κ3) is 5.03. The molecule has 0 spiro atoms. The van der Waals surface area contributed by atoms with Crippen molar-refractivity contribution in [2.75, 3.05) is 18.2 Å². The third-order valence-electron chi connectivity index (χ3n) is 4.97. The second kappa shape index (κ2) is 9.74. The highest BCUT2D eigenvalue weighted by Crippen LogP contribution is 2.25. The number of nitrogens with zero attached hydrogens (tertiary/aromatic N) is 3. The van der Waals surface area contributed by atoms with Gasteiger partial charge in [0.25, 0.3) is 0 Å². The predicted molar refractivity (Wildman–Crippen MR) is 126 cm³/mol. The molecule has 0 radical (unpaired) electrons. The second-order valence-corrected chi connectivity index (χ2v) is 8.18. The Bertz CT molecular complexity index is 1220. The number of aromatic nitrogens is 3. The maximum atomic E-state index is 12.4. The van der Waals surface area contributed by atoms with Crippen LogP contribution in [0.3, 0.4) is 0 Å². The maximum absolute atomic E-state index is 12.4. The quantitative estimate of drug-likeness (QED) is 0.388. The number of carbonyl (C=O) groups excluding carboxylic acids is 1. The highest BCUT2D eigenvalue weighted by atomic mass is 32.2. The van der Waals surface area contributed by atoms with Crippen molar-refractivity contribution in [3.8, 4) is 11.5 Å². The lowest BCUT2D eigenvalue weighted by Gasteiger charge is -2.14. The van der Waals surface area contributed by atoms with E-state index in [0.717, 1.165) is 22.2 Å². The molecule has 1 heterocycles. The molecule has 1 atom stereocenters. The molecule has 0 aliphatic heterocycles. The van der Waals surface area contributed by atoms with E-state index in [1.807, 2.05) is 85.3 Å². The summed E-state index contributed by atoms with van der Waals surface area (Å²) in [6, 6.07) is 21.3. The summed E-state index contributed by atoms with van der Waals surface area (Å²) >= 11 is 1.33. The zero-order valence-electron chi connectivity index (χ0n) is 18.1. The van der Waals surface area contributed by atoms with Crippen molar-refractivity contribution in [2.24, 2.45) is 7.05 Å². The fraction of sp³-hybridized carbons (Fsp3) is 0.208. The minimum Gasteiger partial charge on any atom is -0.497 e. The summed E-state index contributed by atoms with van der Waals surface area (Å²) in [5.74, 6) is 2.29. The van der Waals surface area contributed by atoms with Gasteiger partial charge >= 0.3 is 0 Å². The maximum Gasteiger partial charge on any atom is 0.234 e. The minimum atomic E-state index is -0.304. The number of anilines is 1. The lowest BCUT2D eigenvalue weighted by Crippen LogP contribution is -2.14. The third-order valence-corrected chi connectivity index (χ3v) is 5.99. The van der Waals surface area contributed by atoms with E-state index in [1.54, 1.807) is 7.11 Å². The van der Waals surface area contributed by atoms with Gasteiger partial charge in [-0.25, -0.2) is 0 Å². The van der Waals surface area contributed by atoms with Gasteiger partial charge < -0.3 is 19.4 Å². The van der Waals surface area contributed by atoms with Crippen LogP contribution in [-0.2, 0) is 11.8 Å². The zero-order valence-corrected chi connectivity index (χ0v) is 18.9. The van der Waals surface area contributed by atoms with Gasteiger partial charge in [0, 0.05) is 12.7 Å². The Balaban J connectivity index is 1.34. The summed E-state index contributed by atoms with van der Waals surface area (Å²) in [5.41, 5.74) is 0.773. The van der Waals surface area contributed by atoms with E-state index < -0.39 is 0 Å².